The Labute approximate surface area is 161 Å². The van der Waals surface area contributed by atoms with Crippen molar-refractivity contribution in [2.24, 2.45) is 5.16 Å². The maximum Gasteiger partial charge on any atom is 0.235 e. The molecule has 1 aromatic carbocycles. The van der Waals surface area contributed by atoms with Crippen molar-refractivity contribution in [1.29, 1.82) is 0 Å². The van der Waals surface area contributed by atoms with Gasteiger partial charge >= 0.3 is 0 Å². The lowest BCUT2D eigenvalue weighted by Gasteiger charge is -2.26. The van der Waals surface area contributed by atoms with Gasteiger partial charge in [-0.2, -0.15) is 0 Å². The summed E-state index contributed by atoms with van der Waals surface area (Å²) in [7, 11) is -1.49. The fourth-order valence-corrected chi connectivity index (χ4v) is 4.17. The van der Waals surface area contributed by atoms with Crippen LogP contribution in [0.25, 0.3) is 0 Å². The number of likely N-dealkylation sites (N-methyl/N-ethyl adjacent to an activating group) is 1. The standard InChI is InChI=1S/C20H26N2O4S/c1-4-5-6-15-7-9-16(10-8-15)18-13-19(21-26-18)25-17-11-12-20(22(2)14-17)27(3,23)24/h7-12,14,18,20H,4-6,13H2,1-3H3/t18-,20?/m1/s1. The van der Waals surface area contributed by atoms with E-state index in [1.54, 1.807) is 30.3 Å². The highest BCUT2D eigenvalue weighted by atomic mass is 32.2. The molecule has 0 fully saturated rings. The third-order valence-electron chi connectivity index (χ3n) is 4.64. The van der Waals surface area contributed by atoms with Crippen LogP contribution in [0.2, 0.25) is 0 Å². The zero-order chi connectivity index (χ0) is 19.4. The first kappa shape index (κ1) is 19.5. The van der Waals surface area contributed by atoms with Crippen molar-refractivity contribution in [1.82, 2.24) is 4.90 Å². The summed E-state index contributed by atoms with van der Waals surface area (Å²) in [6.45, 7) is 2.19. The molecular weight excluding hydrogens is 364 g/mol. The molecule has 0 aliphatic carbocycles. The Morgan fingerprint density at radius 2 is 2.04 bits per heavy atom. The first-order chi connectivity index (χ1) is 12.9. The number of unbranched alkanes of at least 4 members (excludes halogenated alkanes) is 1. The molecule has 7 heteroatoms. The number of ether oxygens (including phenoxy) is 1. The summed E-state index contributed by atoms with van der Waals surface area (Å²) < 4.78 is 29.2. The monoisotopic (exact) mass is 390 g/mol. The summed E-state index contributed by atoms with van der Waals surface area (Å²) in [5.41, 5.74) is 2.40. The first-order valence-corrected chi connectivity index (χ1v) is 11.1. The summed E-state index contributed by atoms with van der Waals surface area (Å²) >= 11 is 0. The van der Waals surface area contributed by atoms with Crippen LogP contribution in [0.15, 0.2) is 53.5 Å². The van der Waals surface area contributed by atoms with E-state index in [4.69, 9.17) is 9.57 Å². The quantitative estimate of drug-likeness (QED) is 0.743. The number of hydrogen-bond acceptors (Lipinski definition) is 6. The second-order valence-corrected chi connectivity index (χ2v) is 9.15. The van der Waals surface area contributed by atoms with Crippen molar-refractivity contribution in [2.75, 3.05) is 13.3 Å². The number of rotatable bonds is 6. The molecule has 2 atom stereocenters. The van der Waals surface area contributed by atoms with Gasteiger partial charge in [0, 0.05) is 19.5 Å². The molecule has 2 aliphatic heterocycles. The van der Waals surface area contributed by atoms with E-state index in [1.165, 1.54) is 24.7 Å². The number of hydrogen-bond donors (Lipinski definition) is 0. The zero-order valence-corrected chi connectivity index (χ0v) is 16.8. The maximum absolute atomic E-state index is 11.7. The SMILES string of the molecule is CCCCc1ccc([C@H]2CC(OC3=CN(C)C(S(C)(=O)=O)C=C3)=NO2)cc1. The van der Waals surface area contributed by atoms with Gasteiger partial charge in [-0.1, -0.05) is 42.8 Å². The van der Waals surface area contributed by atoms with E-state index in [2.05, 4.69) is 36.3 Å². The van der Waals surface area contributed by atoms with Crippen molar-refractivity contribution < 1.29 is 18.0 Å². The molecule has 0 bridgehead atoms. The third-order valence-corrected chi connectivity index (χ3v) is 6.01. The van der Waals surface area contributed by atoms with E-state index < -0.39 is 15.2 Å². The molecule has 0 radical (unpaired) electrons. The number of allylic oxidation sites excluding steroid dienone is 1. The second kappa shape index (κ2) is 8.17. The van der Waals surface area contributed by atoms with Gasteiger partial charge in [0.05, 0.1) is 6.42 Å². The van der Waals surface area contributed by atoms with Gasteiger partial charge in [0.15, 0.2) is 15.9 Å². The van der Waals surface area contributed by atoms with Crippen molar-refractivity contribution in [3.63, 3.8) is 0 Å². The Balaban J connectivity index is 1.56. The molecule has 0 saturated carbocycles. The van der Waals surface area contributed by atoms with Gasteiger partial charge in [0.1, 0.15) is 11.1 Å². The van der Waals surface area contributed by atoms with Crippen LogP contribution in [0.5, 0.6) is 0 Å². The van der Waals surface area contributed by atoms with Crippen LogP contribution in [0.1, 0.15) is 43.4 Å². The predicted octanol–water partition coefficient (Wildman–Crippen LogP) is 3.53. The summed E-state index contributed by atoms with van der Waals surface area (Å²) in [6, 6.07) is 8.44. The Kier molecular flexibility index (Phi) is 5.89. The van der Waals surface area contributed by atoms with Crippen LogP contribution in [0.3, 0.4) is 0 Å². The Morgan fingerprint density at radius 3 is 2.67 bits per heavy atom. The topological polar surface area (TPSA) is 68.2 Å². The molecule has 0 spiro atoms. The van der Waals surface area contributed by atoms with Crippen LogP contribution in [-0.4, -0.2) is 37.9 Å². The van der Waals surface area contributed by atoms with E-state index in [-0.39, 0.29) is 6.10 Å². The average Bonchev–Trinajstić information content (AvgIpc) is 3.08. The molecule has 146 valence electrons. The molecule has 0 aromatic heterocycles. The molecule has 2 heterocycles. The molecule has 3 rings (SSSR count). The third kappa shape index (κ3) is 4.91. The van der Waals surface area contributed by atoms with E-state index in [0.29, 0.717) is 18.1 Å². The van der Waals surface area contributed by atoms with Crippen molar-refractivity contribution in [2.45, 2.75) is 44.1 Å². The summed E-state index contributed by atoms with van der Waals surface area (Å²) in [4.78, 5) is 7.12. The van der Waals surface area contributed by atoms with Crippen molar-refractivity contribution >= 4 is 15.7 Å². The number of sulfone groups is 1. The van der Waals surface area contributed by atoms with Crippen LogP contribution in [0, 0.1) is 0 Å². The van der Waals surface area contributed by atoms with Crippen molar-refractivity contribution in [3.8, 4) is 0 Å². The van der Waals surface area contributed by atoms with Gasteiger partial charge in [-0.15, -0.1) is 0 Å². The van der Waals surface area contributed by atoms with E-state index in [1.807, 2.05) is 0 Å². The molecular formula is C20H26N2O4S. The van der Waals surface area contributed by atoms with Gasteiger partial charge in [-0.3, -0.25) is 0 Å². The molecule has 1 aromatic rings. The predicted molar refractivity (Wildman–Crippen MR) is 106 cm³/mol. The zero-order valence-electron chi connectivity index (χ0n) is 16.0. The van der Waals surface area contributed by atoms with Gasteiger partial charge in [-0.05, 0) is 36.1 Å². The van der Waals surface area contributed by atoms with Crippen LogP contribution in [-0.2, 0) is 25.8 Å². The number of aryl methyl sites for hydroxylation is 1. The fraction of sp³-hybridized carbons (Fsp3) is 0.450. The van der Waals surface area contributed by atoms with E-state index in [9.17, 15) is 8.42 Å². The summed E-state index contributed by atoms with van der Waals surface area (Å²) in [6.07, 6.45) is 9.99. The maximum atomic E-state index is 11.7. The van der Waals surface area contributed by atoms with Crippen LogP contribution in [0.4, 0.5) is 0 Å². The molecule has 0 N–H and O–H groups in total. The number of benzene rings is 1. The highest BCUT2D eigenvalue weighted by Crippen LogP contribution is 2.29. The van der Waals surface area contributed by atoms with Gasteiger partial charge in [0.2, 0.25) is 5.90 Å². The normalized spacial score (nSPS) is 22.3. The lowest BCUT2D eigenvalue weighted by Crippen LogP contribution is -2.34. The molecule has 6 nitrogen and oxygen atoms in total. The minimum Gasteiger partial charge on any atom is -0.438 e. The van der Waals surface area contributed by atoms with Gasteiger partial charge in [-0.25, -0.2) is 8.42 Å². The Morgan fingerprint density at radius 1 is 1.30 bits per heavy atom. The lowest BCUT2D eigenvalue weighted by atomic mass is 10.0. The summed E-state index contributed by atoms with van der Waals surface area (Å²) in [5.74, 6) is 1.02. The van der Waals surface area contributed by atoms with E-state index in [0.717, 1.165) is 12.0 Å². The molecule has 0 saturated heterocycles. The smallest absolute Gasteiger partial charge is 0.235 e. The lowest BCUT2D eigenvalue weighted by molar-refractivity contribution is 0.0854. The minimum atomic E-state index is -3.20. The van der Waals surface area contributed by atoms with Crippen molar-refractivity contribution in [3.05, 3.63) is 59.5 Å². The molecule has 2 aliphatic rings. The van der Waals surface area contributed by atoms with Gasteiger partial charge in [0.25, 0.3) is 0 Å². The Hall–Kier alpha value is -2.28. The largest absolute Gasteiger partial charge is 0.438 e. The second-order valence-electron chi connectivity index (χ2n) is 7.01. The summed E-state index contributed by atoms with van der Waals surface area (Å²) in [5, 5.41) is 3.36. The fourth-order valence-electron chi connectivity index (χ4n) is 3.15. The van der Waals surface area contributed by atoms with Crippen LogP contribution < -0.4 is 0 Å². The molecule has 1 unspecified atom stereocenters. The number of nitrogens with zero attached hydrogens (tertiary/aromatic N) is 2. The first-order valence-electron chi connectivity index (χ1n) is 9.17. The Bertz CT molecular complexity index is 856. The molecule has 27 heavy (non-hydrogen) atoms. The molecule has 0 amide bonds. The minimum absolute atomic E-state index is 0.158. The average molecular weight is 391 g/mol. The highest BCUT2D eigenvalue weighted by Gasteiger charge is 2.27. The van der Waals surface area contributed by atoms with Gasteiger partial charge < -0.3 is 14.5 Å². The van der Waals surface area contributed by atoms with E-state index >= 15 is 0 Å². The highest BCUT2D eigenvalue weighted by molar-refractivity contribution is 7.91. The van der Waals surface area contributed by atoms with Crippen LogP contribution >= 0.6 is 0 Å². The number of oxime groups is 1.